The molecule has 0 radical (unpaired) electrons. The third-order valence-electron chi connectivity index (χ3n) is 1.33. The molecule has 0 spiro atoms. The zero-order valence-electron chi connectivity index (χ0n) is 5.56. The SMILES string of the molecule is C=CC[C@H](C=C)CC. The summed E-state index contributed by atoms with van der Waals surface area (Å²) in [6.45, 7) is 9.51. The van der Waals surface area contributed by atoms with Gasteiger partial charge in [0.15, 0.2) is 0 Å². The highest BCUT2D eigenvalue weighted by Crippen LogP contribution is 2.07. The Morgan fingerprint density at radius 1 is 1.50 bits per heavy atom. The van der Waals surface area contributed by atoms with Gasteiger partial charge in [-0.2, -0.15) is 0 Å². The van der Waals surface area contributed by atoms with Gasteiger partial charge in [0.25, 0.3) is 0 Å². The predicted octanol–water partition coefficient (Wildman–Crippen LogP) is 2.77. The molecule has 0 unspecified atom stereocenters. The first-order valence-electron chi connectivity index (χ1n) is 3.08. The summed E-state index contributed by atoms with van der Waals surface area (Å²) in [5, 5.41) is 0. The number of hydrogen-bond acceptors (Lipinski definition) is 0. The van der Waals surface area contributed by atoms with E-state index < -0.39 is 0 Å². The van der Waals surface area contributed by atoms with Crippen molar-refractivity contribution in [1.29, 1.82) is 0 Å². The summed E-state index contributed by atoms with van der Waals surface area (Å²) in [4.78, 5) is 0. The fraction of sp³-hybridized carbons (Fsp3) is 0.500. The highest BCUT2D eigenvalue weighted by Gasteiger charge is 1.94. The van der Waals surface area contributed by atoms with Crippen molar-refractivity contribution >= 4 is 0 Å². The molecule has 0 N–H and O–H groups in total. The Labute approximate surface area is 51.9 Å². The Morgan fingerprint density at radius 2 is 2.12 bits per heavy atom. The minimum atomic E-state index is 0.646. The lowest BCUT2D eigenvalue weighted by Gasteiger charge is -2.02. The average Bonchev–Trinajstić information content (AvgIpc) is 1.83. The summed E-state index contributed by atoms with van der Waals surface area (Å²) < 4.78 is 0. The Hall–Kier alpha value is -0.520. The normalized spacial score (nSPS) is 12.6. The Balaban J connectivity index is 3.35. The van der Waals surface area contributed by atoms with Crippen molar-refractivity contribution < 1.29 is 0 Å². The molecule has 0 aliphatic carbocycles. The van der Waals surface area contributed by atoms with Gasteiger partial charge in [0, 0.05) is 0 Å². The van der Waals surface area contributed by atoms with Crippen LogP contribution in [-0.2, 0) is 0 Å². The third kappa shape index (κ3) is 2.62. The fourth-order valence-corrected chi connectivity index (χ4v) is 0.644. The van der Waals surface area contributed by atoms with Gasteiger partial charge in [-0.05, 0) is 18.8 Å². The van der Waals surface area contributed by atoms with Gasteiger partial charge in [0.1, 0.15) is 0 Å². The zero-order valence-corrected chi connectivity index (χ0v) is 5.56. The molecule has 46 valence electrons. The van der Waals surface area contributed by atoms with E-state index in [-0.39, 0.29) is 0 Å². The maximum atomic E-state index is 3.70. The number of allylic oxidation sites excluding steroid dienone is 2. The Morgan fingerprint density at radius 3 is 2.25 bits per heavy atom. The first kappa shape index (κ1) is 7.48. The molecule has 0 heterocycles. The lowest BCUT2D eigenvalue weighted by Crippen LogP contribution is -1.88. The van der Waals surface area contributed by atoms with Gasteiger partial charge in [-0.25, -0.2) is 0 Å². The summed E-state index contributed by atoms with van der Waals surface area (Å²) in [7, 11) is 0. The maximum absolute atomic E-state index is 3.70. The topological polar surface area (TPSA) is 0 Å². The van der Waals surface area contributed by atoms with Crippen molar-refractivity contribution in [1.82, 2.24) is 0 Å². The first-order valence-corrected chi connectivity index (χ1v) is 3.08. The molecule has 0 aliphatic rings. The van der Waals surface area contributed by atoms with E-state index in [1.165, 1.54) is 6.42 Å². The van der Waals surface area contributed by atoms with Crippen LogP contribution >= 0.6 is 0 Å². The molecule has 0 nitrogen and oxygen atoms in total. The summed E-state index contributed by atoms with van der Waals surface area (Å²) in [6.07, 6.45) is 6.17. The van der Waals surface area contributed by atoms with Crippen molar-refractivity contribution in [2.75, 3.05) is 0 Å². The van der Waals surface area contributed by atoms with Crippen molar-refractivity contribution in [2.24, 2.45) is 5.92 Å². The van der Waals surface area contributed by atoms with Crippen molar-refractivity contribution in [3.63, 3.8) is 0 Å². The predicted molar refractivity (Wildman–Crippen MR) is 38.8 cm³/mol. The van der Waals surface area contributed by atoms with Crippen LogP contribution in [0.4, 0.5) is 0 Å². The molecule has 0 heteroatoms. The van der Waals surface area contributed by atoms with E-state index in [9.17, 15) is 0 Å². The summed E-state index contributed by atoms with van der Waals surface area (Å²) >= 11 is 0. The second kappa shape index (κ2) is 4.63. The zero-order chi connectivity index (χ0) is 6.41. The van der Waals surface area contributed by atoms with Gasteiger partial charge in [-0.1, -0.05) is 19.1 Å². The molecule has 8 heavy (non-hydrogen) atoms. The van der Waals surface area contributed by atoms with Crippen LogP contribution in [-0.4, -0.2) is 0 Å². The monoisotopic (exact) mass is 110 g/mol. The molecular formula is C8H14. The molecule has 0 aliphatic heterocycles. The van der Waals surface area contributed by atoms with E-state index in [2.05, 4.69) is 20.1 Å². The second-order valence-electron chi connectivity index (χ2n) is 1.93. The van der Waals surface area contributed by atoms with E-state index >= 15 is 0 Å². The maximum Gasteiger partial charge on any atom is -0.0204 e. The Bertz CT molecular complexity index is 72.1. The van der Waals surface area contributed by atoms with Crippen LogP contribution in [0.1, 0.15) is 19.8 Å². The van der Waals surface area contributed by atoms with Gasteiger partial charge < -0.3 is 0 Å². The van der Waals surface area contributed by atoms with Crippen LogP contribution in [0.2, 0.25) is 0 Å². The number of rotatable bonds is 4. The van der Waals surface area contributed by atoms with E-state index in [1.807, 2.05) is 12.2 Å². The highest BCUT2D eigenvalue weighted by molar-refractivity contribution is 4.83. The summed E-state index contributed by atoms with van der Waals surface area (Å²) in [5.74, 6) is 0.646. The van der Waals surface area contributed by atoms with Crippen molar-refractivity contribution in [3.8, 4) is 0 Å². The molecule has 0 aromatic carbocycles. The van der Waals surface area contributed by atoms with Crippen LogP contribution in [0.25, 0.3) is 0 Å². The van der Waals surface area contributed by atoms with Crippen LogP contribution < -0.4 is 0 Å². The van der Waals surface area contributed by atoms with Gasteiger partial charge in [-0.3, -0.25) is 0 Å². The standard InChI is InChI=1S/C8H14/c1-4-7-8(5-2)6-3/h4-5,8H,1-2,6-7H2,3H3/t8-/m1/s1. The molecule has 1 atom stereocenters. The quantitative estimate of drug-likeness (QED) is 0.488. The van der Waals surface area contributed by atoms with Crippen LogP contribution in [0.3, 0.4) is 0 Å². The molecule has 0 aromatic heterocycles. The fourth-order valence-electron chi connectivity index (χ4n) is 0.644. The summed E-state index contributed by atoms with van der Waals surface area (Å²) in [6, 6.07) is 0. The van der Waals surface area contributed by atoms with Crippen LogP contribution in [0.15, 0.2) is 25.3 Å². The van der Waals surface area contributed by atoms with Gasteiger partial charge in [-0.15, -0.1) is 13.2 Å². The third-order valence-corrected chi connectivity index (χ3v) is 1.33. The van der Waals surface area contributed by atoms with Gasteiger partial charge >= 0.3 is 0 Å². The second-order valence-corrected chi connectivity index (χ2v) is 1.93. The Kier molecular flexibility index (Phi) is 4.33. The van der Waals surface area contributed by atoms with E-state index in [0.717, 1.165) is 6.42 Å². The van der Waals surface area contributed by atoms with Gasteiger partial charge in [0.05, 0.1) is 0 Å². The van der Waals surface area contributed by atoms with Crippen LogP contribution in [0, 0.1) is 5.92 Å². The van der Waals surface area contributed by atoms with Crippen molar-refractivity contribution in [3.05, 3.63) is 25.3 Å². The number of hydrogen-bond donors (Lipinski definition) is 0. The minimum absolute atomic E-state index is 0.646. The lowest BCUT2D eigenvalue weighted by atomic mass is 10.0. The highest BCUT2D eigenvalue weighted by atomic mass is 14.0. The minimum Gasteiger partial charge on any atom is -0.103 e. The van der Waals surface area contributed by atoms with Crippen molar-refractivity contribution in [2.45, 2.75) is 19.8 Å². The lowest BCUT2D eigenvalue weighted by molar-refractivity contribution is 0.640. The molecule has 0 saturated carbocycles. The molecule has 0 amide bonds. The molecule has 0 bridgehead atoms. The van der Waals surface area contributed by atoms with E-state index in [1.54, 1.807) is 0 Å². The molecule has 0 rings (SSSR count). The smallest absolute Gasteiger partial charge is 0.0204 e. The first-order chi connectivity index (χ1) is 3.85. The molecule has 0 fully saturated rings. The molecule has 0 aromatic rings. The average molecular weight is 110 g/mol. The van der Waals surface area contributed by atoms with E-state index in [4.69, 9.17) is 0 Å². The molecule has 0 saturated heterocycles. The van der Waals surface area contributed by atoms with Gasteiger partial charge in [0.2, 0.25) is 0 Å². The largest absolute Gasteiger partial charge is 0.103 e. The summed E-state index contributed by atoms with van der Waals surface area (Å²) in [5.41, 5.74) is 0. The van der Waals surface area contributed by atoms with Crippen LogP contribution in [0.5, 0.6) is 0 Å². The van der Waals surface area contributed by atoms with E-state index in [0.29, 0.717) is 5.92 Å². The molecular weight excluding hydrogens is 96.1 g/mol.